The number of pyridine rings is 1. The molecule has 0 bridgehead atoms. The van der Waals surface area contributed by atoms with Gasteiger partial charge in [-0.3, -0.25) is 4.79 Å². The second kappa shape index (κ2) is 6.80. The molecule has 1 saturated heterocycles. The maximum atomic E-state index is 12.8. The molecule has 0 radical (unpaired) electrons. The largest absolute Gasteiger partial charge is 0.351 e. The number of hydrogen-bond donors (Lipinski definition) is 2. The van der Waals surface area contributed by atoms with Crippen molar-refractivity contribution in [2.45, 2.75) is 38.6 Å². The Balaban J connectivity index is 1.18. The monoisotopic (exact) mass is 415 g/mol. The van der Waals surface area contributed by atoms with E-state index in [0.29, 0.717) is 11.9 Å². The van der Waals surface area contributed by atoms with Gasteiger partial charge in [0, 0.05) is 66.6 Å². The molecule has 2 aliphatic rings. The number of H-pyrrole nitrogens is 1. The molecule has 0 aromatic carbocycles. The average molecular weight is 416 g/mol. The maximum Gasteiger partial charge on any atom is 0.228 e. The van der Waals surface area contributed by atoms with E-state index in [0.717, 1.165) is 66.6 Å². The second-order valence-electron chi connectivity index (χ2n) is 9.08. The highest BCUT2D eigenvalue weighted by Gasteiger charge is 2.48. The van der Waals surface area contributed by atoms with Crippen molar-refractivity contribution >= 4 is 28.5 Å². The lowest BCUT2D eigenvalue weighted by atomic mass is 9.66. The van der Waals surface area contributed by atoms with Crippen LogP contribution < -0.4 is 5.32 Å². The molecule has 8 nitrogen and oxygen atoms in total. The Kier molecular flexibility index (Phi) is 4.03. The van der Waals surface area contributed by atoms with E-state index in [1.807, 2.05) is 34.0 Å². The first-order chi connectivity index (χ1) is 15.1. The normalized spacial score (nSPS) is 23.4. The Hall–Kier alpha value is -3.42. The van der Waals surface area contributed by atoms with Gasteiger partial charge in [0.2, 0.25) is 11.9 Å². The minimum Gasteiger partial charge on any atom is -0.351 e. The van der Waals surface area contributed by atoms with Crippen molar-refractivity contribution in [2.24, 2.45) is 5.41 Å². The molecule has 0 unspecified atom stereocenters. The van der Waals surface area contributed by atoms with Gasteiger partial charge in [-0.25, -0.2) is 9.97 Å². The molecule has 0 atom stereocenters. The molecule has 1 amide bonds. The molecule has 2 fully saturated rings. The molecule has 1 saturated carbocycles. The minimum atomic E-state index is -0.252. The Bertz CT molecular complexity index is 1280. The van der Waals surface area contributed by atoms with Crippen LogP contribution in [-0.4, -0.2) is 54.3 Å². The van der Waals surface area contributed by atoms with Crippen LogP contribution >= 0.6 is 0 Å². The van der Waals surface area contributed by atoms with Crippen LogP contribution in [0.4, 0.5) is 5.95 Å². The fraction of sp³-hybridized carbons (Fsp3) is 0.391. The quantitative estimate of drug-likeness (QED) is 0.533. The van der Waals surface area contributed by atoms with E-state index in [2.05, 4.69) is 44.4 Å². The molecule has 1 aliphatic carbocycles. The van der Waals surface area contributed by atoms with Gasteiger partial charge in [0.25, 0.3) is 0 Å². The number of fused-ring (bicyclic) bond motifs is 2. The number of hydrogen-bond acceptors (Lipinski definition) is 5. The standard InChI is InChI=1S/C23H25N7O/c1-23(21(31)29-7-2-3-8-29)10-16(11-23)27-22-26-13-18-17(12-25-20(18)28-22)15-4-5-19-24-6-9-30(19)14-15/h4-6,9,12-14,16H,2-3,7-8,10-11H2,1H3,(H2,25,26,27,28). The summed E-state index contributed by atoms with van der Waals surface area (Å²) in [5, 5.41) is 4.39. The third kappa shape index (κ3) is 3.05. The van der Waals surface area contributed by atoms with E-state index in [1.165, 1.54) is 0 Å². The molecule has 158 valence electrons. The summed E-state index contributed by atoms with van der Waals surface area (Å²) in [6.45, 7) is 3.91. The van der Waals surface area contributed by atoms with E-state index in [4.69, 9.17) is 0 Å². The summed E-state index contributed by atoms with van der Waals surface area (Å²) < 4.78 is 2.00. The van der Waals surface area contributed by atoms with Crippen molar-refractivity contribution in [1.82, 2.24) is 29.2 Å². The zero-order valence-electron chi connectivity index (χ0n) is 17.5. The number of carbonyl (C=O) groups excluding carboxylic acids is 1. The summed E-state index contributed by atoms with van der Waals surface area (Å²) in [4.78, 5) is 31.6. The molecule has 4 aromatic rings. The summed E-state index contributed by atoms with van der Waals surface area (Å²) in [6, 6.07) is 4.29. The Morgan fingerprint density at radius 3 is 2.90 bits per heavy atom. The molecule has 4 aromatic heterocycles. The predicted molar refractivity (Wildman–Crippen MR) is 119 cm³/mol. The summed E-state index contributed by atoms with van der Waals surface area (Å²) in [6.07, 6.45) is 13.5. The number of aromatic amines is 1. The zero-order chi connectivity index (χ0) is 21.0. The fourth-order valence-electron chi connectivity index (χ4n) is 5.08. The summed E-state index contributed by atoms with van der Waals surface area (Å²) >= 11 is 0. The predicted octanol–water partition coefficient (Wildman–Crippen LogP) is 3.48. The first-order valence-electron chi connectivity index (χ1n) is 10.9. The Labute approximate surface area is 179 Å². The van der Waals surface area contributed by atoms with Gasteiger partial charge in [0.05, 0.1) is 5.41 Å². The number of carbonyl (C=O) groups is 1. The third-order valence-corrected chi connectivity index (χ3v) is 6.77. The molecule has 5 heterocycles. The van der Waals surface area contributed by atoms with Gasteiger partial charge in [-0.1, -0.05) is 6.92 Å². The highest BCUT2D eigenvalue weighted by molar-refractivity contribution is 5.93. The number of anilines is 1. The van der Waals surface area contributed by atoms with Gasteiger partial charge in [0.1, 0.15) is 11.3 Å². The first kappa shape index (κ1) is 18.4. The van der Waals surface area contributed by atoms with Gasteiger partial charge in [-0.05, 0) is 37.8 Å². The highest BCUT2D eigenvalue weighted by atomic mass is 16.2. The third-order valence-electron chi connectivity index (χ3n) is 6.77. The number of likely N-dealkylation sites (tertiary alicyclic amines) is 1. The number of rotatable bonds is 4. The van der Waals surface area contributed by atoms with Crippen LogP contribution in [0.15, 0.2) is 43.1 Å². The van der Waals surface area contributed by atoms with Gasteiger partial charge >= 0.3 is 0 Å². The molecule has 6 rings (SSSR count). The number of imidazole rings is 1. The van der Waals surface area contributed by atoms with E-state index in [9.17, 15) is 4.79 Å². The van der Waals surface area contributed by atoms with Crippen molar-refractivity contribution in [1.29, 1.82) is 0 Å². The first-order valence-corrected chi connectivity index (χ1v) is 10.9. The molecule has 2 N–H and O–H groups in total. The van der Waals surface area contributed by atoms with Crippen LogP contribution in [0.5, 0.6) is 0 Å². The lowest BCUT2D eigenvalue weighted by Crippen LogP contribution is -2.53. The molecule has 0 spiro atoms. The van der Waals surface area contributed by atoms with Gasteiger partial charge in [-0.15, -0.1) is 0 Å². The van der Waals surface area contributed by atoms with Crippen LogP contribution in [0, 0.1) is 5.41 Å². The van der Waals surface area contributed by atoms with Crippen LogP contribution in [-0.2, 0) is 4.79 Å². The highest BCUT2D eigenvalue weighted by Crippen LogP contribution is 2.44. The van der Waals surface area contributed by atoms with Crippen molar-refractivity contribution < 1.29 is 4.79 Å². The minimum absolute atomic E-state index is 0.229. The second-order valence-corrected chi connectivity index (χ2v) is 9.08. The molecular formula is C23H25N7O. The van der Waals surface area contributed by atoms with E-state index in [-0.39, 0.29) is 11.5 Å². The summed E-state index contributed by atoms with van der Waals surface area (Å²) in [7, 11) is 0. The van der Waals surface area contributed by atoms with Crippen molar-refractivity contribution in [3.8, 4) is 11.1 Å². The summed E-state index contributed by atoms with van der Waals surface area (Å²) in [5.41, 5.74) is 3.61. The number of nitrogens with zero attached hydrogens (tertiary/aromatic N) is 5. The molecule has 8 heteroatoms. The molecule has 1 aliphatic heterocycles. The topological polar surface area (TPSA) is 91.2 Å². The Morgan fingerprint density at radius 1 is 1.23 bits per heavy atom. The van der Waals surface area contributed by atoms with E-state index >= 15 is 0 Å². The van der Waals surface area contributed by atoms with Gasteiger partial charge < -0.3 is 19.6 Å². The van der Waals surface area contributed by atoms with E-state index in [1.54, 1.807) is 6.20 Å². The van der Waals surface area contributed by atoms with Crippen LogP contribution in [0.2, 0.25) is 0 Å². The SMILES string of the molecule is CC1(C(=O)N2CCCC2)CC(Nc2ncc3c(-c4ccc5nccn5c4)c[nH]c3n2)C1. The van der Waals surface area contributed by atoms with Crippen molar-refractivity contribution in [2.75, 3.05) is 18.4 Å². The number of nitrogens with one attached hydrogen (secondary N) is 2. The van der Waals surface area contributed by atoms with Crippen molar-refractivity contribution in [3.05, 3.63) is 43.1 Å². The van der Waals surface area contributed by atoms with Crippen LogP contribution in [0.25, 0.3) is 27.8 Å². The van der Waals surface area contributed by atoms with E-state index < -0.39 is 0 Å². The van der Waals surface area contributed by atoms with Gasteiger partial charge in [-0.2, -0.15) is 4.98 Å². The fourth-order valence-corrected chi connectivity index (χ4v) is 5.08. The molecular weight excluding hydrogens is 390 g/mol. The number of aromatic nitrogens is 5. The van der Waals surface area contributed by atoms with Crippen LogP contribution in [0.1, 0.15) is 32.6 Å². The maximum absolute atomic E-state index is 12.8. The average Bonchev–Trinajstić information content (AvgIpc) is 3.51. The smallest absolute Gasteiger partial charge is 0.228 e. The van der Waals surface area contributed by atoms with Gasteiger partial charge in [0.15, 0.2) is 0 Å². The number of amides is 1. The Morgan fingerprint density at radius 2 is 2.06 bits per heavy atom. The lowest BCUT2D eigenvalue weighted by molar-refractivity contribution is -0.145. The van der Waals surface area contributed by atoms with Crippen molar-refractivity contribution in [3.63, 3.8) is 0 Å². The molecule has 31 heavy (non-hydrogen) atoms. The lowest BCUT2D eigenvalue weighted by Gasteiger charge is -2.45. The zero-order valence-corrected chi connectivity index (χ0v) is 17.5. The van der Waals surface area contributed by atoms with Crippen LogP contribution in [0.3, 0.4) is 0 Å². The summed E-state index contributed by atoms with van der Waals surface area (Å²) in [5.74, 6) is 0.912.